The van der Waals surface area contributed by atoms with Crippen molar-refractivity contribution in [2.75, 3.05) is 5.32 Å². The Bertz CT molecular complexity index is 1160. The molecule has 3 aromatic rings. The van der Waals surface area contributed by atoms with Crippen LogP contribution in [-0.2, 0) is 28.7 Å². The van der Waals surface area contributed by atoms with E-state index in [-0.39, 0.29) is 33.5 Å². The van der Waals surface area contributed by atoms with E-state index in [2.05, 4.69) is 5.32 Å². The maximum Gasteiger partial charge on any atom is 0.328 e. The summed E-state index contributed by atoms with van der Waals surface area (Å²) in [6.45, 7) is 1.68. The Morgan fingerprint density at radius 3 is 2.19 bits per heavy atom. The molecule has 2 aromatic carbocycles. The highest BCUT2D eigenvalue weighted by Crippen LogP contribution is 2.31. The van der Waals surface area contributed by atoms with Gasteiger partial charge >= 0.3 is 5.69 Å². The summed E-state index contributed by atoms with van der Waals surface area (Å²) in [5, 5.41) is 2.64. The number of rotatable bonds is 4. The second-order valence-corrected chi connectivity index (χ2v) is 7.87. The van der Waals surface area contributed by atoms with Crippen molar-refractivity contribution in [3.8, 4) is 0 Å². The molecule has 0 saturated carbocycles. The monoisotopic (exact) mass is 373 g/mol. The first-order chi connectivity index (χ1) is 12.3. The summed E-state index contributed by atoms with van der Waals surface area (Å²) >= 11 is 0. The molecule has 0 atom stereocenters. The molecular weight excluding hydrogens is 354 g/mol. The zero-order valence-corrected chi connectivity index (χ0v) is 15.5. The number of carbonyl (C=O) groups excluding carboxylic acids is 1. The van der Waals surface area contributed by atoms with Crippen LogP contribution in [0.1, 0.15) is 13.3 Å². The number of hydrogen-bond acceptors (Lipinski definition) is 4. The smallest absolute Gasteiger partial charge is 0.325 e. The van der Waals surface area contributed by atoms with Crippen molar-refractivity contribution in [3.05, 3.63) is 52.9 Å². The molecule has 0 fully saturated rings. The zero-order valence-electron chi connectivity index (χ0n) is 14.7. The zero-order chi connectivity index (χ0) is 19.1. The summed E-state index contributed by atoms with van der Waals surface area (Å²) in [5.41, 5.74) is 0.897. The Balaban J connectivity index is 2.35. The van der Waals surface area contributed by atoms with Gasteiger partial charge in [-0.1, -0.05) is 25.1 Å². The van der Waals surface area contributed by atoms with E-state index in [0.29, 0.717) is 11.0 Å². The van der Waals surface area contributed by atoms with Gasteiger partial charge in [0.05, 0.1) is 26.5 Å². The molecular formula is C18H19N3O4S. The molecule has 8 heteroatoms. The van der Waals surface area contributed by atoms with Gasteiger partial charge < -0.3 is 5.32 Å². The van der Waals surface area contributed by atoms with E-state index >= 15 is 0 Å². The van der Waals surface area contributed by atoms with Crippen LogP contribution in [0.25, 0.3) is 11.0 Å². The number of nitrogens with one attached hydrogen (secondary N) is 1. The number of benzene rings is 2. The SMILES string of the molecule is CCC(=O)Nc1cc2c(cc1S(=O)(=O)c1ccccc1)n(C)c(=O)n2C. The highest BCUT2D eigenvalue weighted by molar-refractivity contribution is 7.91. The van der Waals surface area contributed by atoms with E-state index in [1.807, 2.05) is 0 Å². The summed E-state index contributed by atoms with van der Waals surface area (Å²) in [6, 6.07) is 10.9. The van der Waals surface area contributed by atoms with Crippen molar-refractivity contribution in [3.63, 3.8) is 0 Å². The van der Waals surface area contributed by atoms with Gasteiger partial charge in [-0.05, 0) is 24.3 Å². The fourth-order valence-electron chi connectivity index (χ4n) is 2.81. The molecule has 0 unspecified atom stereocenters. The Kier molecular flexibility index (Phi) is 4.45. The minimum Gasteiger partial charge on any atom is -0.325 e. The lowest BCUT2D eigenvalue weighted by Crippen LogP contribution is -2.19. The summed E-state index contributed by atoms with van der Waals surface area (Å²) in [6.07, 6.45) is 0.205. The van der Waals surface area contributed by atoms with Crippen LogP contribution in [0.4, 0.5) is 5.69 Å². The van der Waals surface area contributed by atoms with Gasteiger partial charge in [0.15, 0.2) is 0 Å². The van der Waals surface area contributed by atoms with Crippen molar-refractivity contribution in [1.82, 2.24) is 9.13 Å². The summed E-state index contributed by atoms with van der Waals surface area (Å²) in [7, 11) is -0.699. The third-order valence-corrected chi connectivity index (χ3v) is 6.12. The quantitative estimate of drug-likeness (QED) is 0.758. The number of anilines is 1. The number of hydrogen-bond donors (Lipinski definition) is 1. The van der Waals surface area contributed by atoms with Crippen molar-refractivity contribution in [1.29, 1.82) is 0 Å². The van der Waals surface area contributed by atoms with E-state index in [4.69, 9.17) is 0 Å². The largest absolute Gasteiger partial charge is 0.328 e. The fourth-order valence-corrected chi connectivity index (χ4v) is 4.25. The second kappa shape index (κ2) is 6.45. The molecule has 0 aliphatic heterocycles. The minimum absolute atomic E-state index is 0.0424. The number of sulfone groups is 1. The Morgan fingerprint density at radius 2 is 1.62 bits per heavy atom. The normalized spacial score (nSPS) is 11.7. The van der Waals surface area contributed by atoms with Crippen LogP contribution in [0, 0.1) is 0 Å². The molecule has 0 saturated heterocycles. The van der Waals surface area contributed by atoms with E-state index < -0.39 is 9.84 Å². The Morgan fingerprint density at radius 1 is 1.04 bits per heavy atom. The molecule has 1 aromatic heterocycles. The molecule has 0 aliphatic carbocycles. The third kappa shape index (κ3) is 2.82. The number of nitrogens with zero attached hydrogens (tertiary/aromatic N) is 2. The van der Waals surface area contributed by atoms with Crippen molar-refractivity contribution in [2.45, 2.75) is 23.1 Å². The van der Waals surface area contributed by atoms with Crippen LogP contribution in [0.3, 0.4) is 0 Å². The summed E-state index contributed by atoms with van der Waals surface area (Å²) in [5.74, 6) is -0.310. The lowest BCUT2D eigenvalue weighted by Gasteiger charge is -2.13. The van der Waals surface area contributed by atoms with Gasteiger partial charge in [-0.2, -0.15) is 0 Å². The molecule has 26 heavy (non-hydrogen) atoms. The Labute approximate surface area is 150 Å². The van der Waals surface area contributed by atoms with Crippen LogP contribution in [-0.4, -0.2) is 23.5 Å². The molecule has 1 amide bonds. The number of amides is 1. The lowest BCUT2D eigenvalue weighted by molar-refractivity contribution is -0.115. The molecule has 0 bridgehead atoms. The van der Waals surface area contributed by atoms with E-state index in [1.165, 1.54) is 33.4 Å². The molecule has 7 nitrogen and oxygen atoms in total. The minimum atomic E-state index is -3.87. The number of aromatic nitrogens is 2. The van der Waals surface area contributed by atoms with Crippen LogP contribution >= 0.6 is 0 Å². The van der Waals surface area contributed by atoms with E-state index in [1.54, 1.807) is 39.2 Å². The number of carbonyl (C=O) groups is 1. The van der Waals surface area contributed by atoms with E-state index in [0.717, 1.165) is 0 Å². The average Bonchev–Trinajstić information content (AvgIpc) is 2.85. The van der Waals surface area contributed by atoms with Crippen LogP contribution in [0.15, 0.2) is 57.1 Å². The predicted molar refractivity (Wildman–Crippen MR) is 99.0 cm³/mol. The molecule has 0 spiro atoms. The van der Waals surface area contributed by atoms with Crippen LogP contribution in [0.5, 0.6) is 0 Å². The van der Waals surface area contributed by atoms with Crippen molar-refractivity contribution in [2.24, 2.45) is 14.1 Å². The highest BCUT2D eigenvalue weighted by Gasteiger charge is 2.24. The topological polar surface area (TPSA) is 90.2 Å². The average molecular weight is 373 g/mol. The second-order valence-electron chi connectivity index (χ2n) is 5.96. The first-order valence-electron chi connectivity index (χ1n) is 8.06. The van der Waals surface area contributed by atoms with Crippen LogP contribution in [0.2, 0.25) is 0 Å². The predicted octanol–water partition coefficient (Wildman–Crippen LogP) is 2.06. The van der Waals surface area contributed by atoms with Crippen molar-refractivity contribution < 1.29 is 13.2 Å². The summed E-state index contributed by atoms with van der Waals surface area (Å²) < 4.78 is 29.0. The van der Waals surface area contributed by atoms with Gasteiger partial charge in [-0.3, -0.25) is 13.9 Å². The number of aryl methyl sites for hydroxylation is 2. The fraction of sp³-hybridized carbons (Fsp3) is 0.222. The van der Waals surface area contributed by atoms with Gasteiger partial charge in [0.1, 0.15) is 0 Å². The van der Waals surface area contributed by atoms with Gasteiger partial charge in [0.2, 0.25) is 15.7 Å². The molecule has 0 aliphatic rings. The number of imidazole rings is 1. The molecule has 0 radical (unpaired) electrons. The van der Waals surface area contributed by atoms with Gasteiger partial charge in [0.25, 0.3) is 0 Å². The number of fused-ring (bicyclic) bond motifs is 1. The molecule has 1 heterocycles. The molecule has 3 rings (SSSR count). The maximum atomic E-state index is 13.1. The van der Waals surface area contributed by atoms with Crippen molar-refractivity contribution >= 4 is 32.5 Å². The molecule has 1 N–H and O–H groups in total. The summed E-state index contributed by atoms with van der Waals surface area (Å²) in [4.78, 5) is 24.2. The van der Waals surface area contributed by atoms with E-state index in [9.17, 15) is 18.0 Å². The standard InChI is InChI=1S/C18H19N3O4S/c1-4-17(22)19-13-10-14-15(21(3)18(23)20(14)2)11-16(13)26(24,25)12-8-6-5-7-9-12/h5-11H,4H2,1-3H3,(H,19,22). The Hall–Kier alpha value is -2.87. The van der Waals surface area contributed by atoms with Gasteiger partial charge in [-0.25, -0.2) is 13.2 Å². The maximum absolute atomic E-state index is 13.1. The highest BCUT2D eigenvalue weighted by atomic mass is 32.2. The first kappa shape index (κ1) is 17.9. The van der Waals surface area contributed by atoms with Crippen LogP contribution < -0.4 is 11.0 Å². The molecule has 136 valence electrons. The first-order valence-corrected chi connectivity index (χ1v) is 9.55. The van der Waals surface area contributed by atoms with Gasteiger partial charge in [-0.15, -0.1) is 0 Å². The lowest BCUT2D eigenvalue weighted by atomic mass is 10.2. The third-order valence-electron chi connectivity index (χ3n) is 4.31. The van der Waals surface area contributed by atoms with Gasteiger partial charge in [0, 0.05) is 20.5 Å².